The van der Waals surface area contributed by atoms with E-state index >= 15 is 0 Å². The lowest BCUT2D eigenvalue weighted by Crippen LogP contribution is -2.28. The Morgan fingerprint density at radius 1 is 1.00 bits per heavy atom. The highest BCUT2D eigenvalue weighted by molar-refractivity contribution is 4.72. The number of hydrogen-bond donors (Lipinski definition) is 1. The summed E-state index contributed by atoms with van der Waals surface area (Å²) in [6, 6.07) is 0. The molecule has 0 aromatic carbocycles. The van der Waals surface area contributed by atoms with Gasteiger partial charge < -0.3 is 14.6 Å². The Balaban J connectivity index is 3.87. The molecule has 0 rings (SSSR count). The van der Waals surface area contributed by atoms with E-state index in [0.717, 1.165) is 6.42 Å². The van der Waals surface area contributed by atoms with Gasteiger partial charge in [0.15, 0.2) is 6.29 Å². The van der Waals surface area contributed by atoms with E-state index in [1.165, 1.54) is 0 Å². The van der Waals surface area contributed by atoms with Crippen LogP contribution in [0.5, 0.6) is 0 Å². The smallest absolute Gasteiger partial charge is 0.157 e. The topological polar surface area (TPSA) is 38.7 Å². The summed E-state index contributed by atoms with van der Waals surface area (Å²) >= 11 is 0. The van der Waals surface area contributed by atoms with Crippen molar-refractivity contribution in [1.82, 2.24) is 0 Å². The summed E-state index contributed by atoms with van der Waals surface area (Å²) < 4.78 is 10.8. The fourth-order valence-electron chi connectivity index (χ4n) is 1.31. The molecule has 0 aromatic heterocycles. The maximum Gasteiger partial charge on any atom is 0.157 e. The fourth-order valence-corrected chi connectivity index (χ4v) is 1.31. The molecular formula is C12H26O3. The van der Waals surface area contributed by atoms with Gasteiger partial charge in [0.05, 0.1) is 6.10 Å². The van der Waals surface area contributed by atoms with E-state index < -0.39 is 0 Å². The first-order valence-electron chi connectivity index (χ1n) is 5.83. The van der Waals surface area contributed by atoms with Crippen molar-refractivity contribution in [3.8, 4) is 0 Å². The van der Waals surface area contributed by atoms with E-state index in [9.17, 15) is 5.11 Å². The summed E-state index contributed by atoms with van der Waals surface area (Å²) in [6.45, 7) is 11.3. The van der Waals surface area contributed by atoms with Crippen molar-refractivity contribution >= 4 is 0 Å². The van der Waals surface area contributed by atoms with Crippen LogP contribution in [0, 0.1) is 5.41 Å². The highest BCUT2D eigenvalue weighted by Crippen LogP contribution is 2.23. The standard InChI is InChI=1S/C12H26O3/c1-6-14-11(15-7-2)9-8-10(13)12(3,4)5/h10-11,13H,6-9H2,1-5H3. The van der Waals surface area contributed by atoms with Crippen LogP contribution >= 0.6 is 0 Å². The van der Waals surface area contributed by atoms with Gasteiger partial charge in [0.25, 0.3) is 0 Å². The van der Waals surface area contributed by atoms with Crippen molar-refractivity contribution in [1.29, 1.82) is 0 Å². The minimum atomic E-state index is -0.305. The lowest BCUT2D eigenvalue weighted by molar-refractivity contribution is -0.145. The number of ether oxygens (including phenoxy) is 2. The van der Waals surface area contributed by atoms with E-state index in [1.54, 1.807) is 0 Å². The summed E-state index contributed by atoms with van der Waals surface area (Å²) in [5.41, 5.74) is -0.0665. The number of aliphatic hydroxyl groups excluding tert-OH is 1. The average molecular weight is 218 g/mol. The van der Waals surface area contributed by atoms with Crippen LogP contribution in [0.2, 0.25) is 0 Å². The lowest BCUT2D eigenvalue weighted by atomic mass is 9.86. The van der Waals surface area contributed by atoms with E-state index in [4.69, 9.17) is 9.47 Å². The molecule has 0 aliphatic carbocycles. The highest BCUT2D eigenvalue weighted by atomic mass is 16.7. The molecule has 3 nitrogen and oxygen atoms in total. The molecule has 0 aliphatic heterocycles. The van der Waals surface area contributed by atoms with Gasteiger partial charge in [0.2, 0.25) is 0 Å². The Hall–Kier alpha value is -0.120. The van der Waals surface area contributed by atoms with Crippen LogP contribution in [0.25, 0.3) is 0 Å². The molecule has 3 heteroatoms. The van der Waals surface area contributed by atoms with Crippen LogP contribution in [0.4, 0.5) is 0 Å². The Labute approximate surface area is 93.8 Å². The molecule has 92 valence electrons. The van der Waals surface area contributed by atoms with Crippen LogP contribution in [0.1, 0.15) is 47.5 Å². The molecule has 0 radical (unpaired) electrons. The van der Waals surface area contributed by atoms with E-state index in [2.05, 4.69) is 0 Å². The van der Waals surface area contributed by atoms with Gasteiger partial charge in [-0.1, -0.05) is 20.8 Å². The van der Waals surface area contributed by atoms with Crippen LogP contribution in [-0.2, 0) is 9.47 Å². The van der Waals surface area contributed by atoms with E-state index in [1.807, 2.05) is 34.6 Å². The van der Waals surface area contributed by atoms with Gasteiger partial charge in [-0.3, -0.25) is 0 Å². The largest absolute Gasteiger partial charge is 0.393 e. The van der Waals surface area contributed by atoms with Gasteiger partial charge in [-0.2, -0.15) is 0 Å². The SMILES string of the molecule is CCOC(CCC(O)C(C)(C)C)OCC. The van der Waals surface area contributed by atoms with Crippen LogP contribution < -0.4 is 0 Å². The van der Waals surface area contributed by atoms with E-state index in [0.29, 0.717) is 19.6 Å². The monoisotopic (exact) mass is 218 g/mol. The van der Waals surface area contributed by atoms with Crippen molar-refractivity contribution in [2.75, 3.05) is 13.2 Å². The molecule has 0 saturated carbocycles. The Morgan fingerprint density at radius 2 is 1.47 bits per heavy atom. The minimum Gasteiger partial charge on any atom is -0.393 e. The van der Waals surface area contributed by atoms with Crippen molar-refractivity contribution in [2.24, 2.45) is 5.41 Å². The van der Waals surface area contributed by atoms with Gasteiger partial charge in [-0.25, -0.2) is 0 Å². The Morgan fingerprint density at radius 3 is 1.80 bits per heavy atom. The average Bonchev–Trinajstić information content (AvgIpc) is 2.12. The highest BCUT2D eigenvalue weighted by Gasteiger charge is 2.23. The summed E-state index contributed by atoms with van der Waals surface area (Å²) in [4.78, 5) is 0. The summed E-state index contributed by atoms with van der Waals surface area (Å²) in [7, 11) is 0. The molecule has 0 heterocycles. The molecule has 0 saturated heterocycles. The van der Waals surface area contributed by atoms with Crippen molar-refractivity contribution in [3.63, 3.8) is 0 Å². The normalized spacial score (nSPS) is 14.6. The number of aliphatic hydroxyl groups is 1. The third-order valence-corrected chi connectivity index (χ3v) is 2.38. The maximum absolute atomic E-state index is 9.86. The molecular weight excluding hydrogens is 192 g/mol. The first-order valence-corrected chi connectivity index (χ1v) is 5.83. The molecule has 1 N–H and O–H groups in total. The quantitative estimate of drug-likeness (QED) is 0.667. The lowest BCUT2D eigenvalue weighted by Gasteiger charge is -2.27. The molecule has 0 fully saturated rings. The van der Waals surface area contributed by atoms with Crippen LogP contribution in [-0.4, -0.2) is 30.7 Å². The van der Waals surface area contributed by atoms with Gasteiger partial charge in [0.1, 0.15) is 0 Å². The van der Waals surface area contributed by atoms with Gasteiger partial charge in [0, 0.05) is 19.6 Å². The molecule has 0 spiro atoms. The molecule has 0 aromatic rings. The fraction of sp³-hybridized carbons (Fsp3) is 1.00. The zero-order valence-electron chi connectivity index (χ0n) is 10.7. The van der Waals surface area contributed by atoms with Crippen molar-refractivity contribution in [2.45, 2.75) is 59.9 Å². The summed E-state index contributed by atoms with van der Waals surface area (Å²) in [5, 5.41) is 9.86. The third kappa shape index (κ3) is 6.88. The van der Waals surface area contributed by atoms with Gasteiger partial charge >= 0.3 is 0 Å². The van der Waals surface area contributed by atoms with E-state index in [-0.39, 0.29) is 17.8 Å². The second kappa shape index (κ2) is 7.20. The van der Waals surface area contributed by atoms with Crippen LogP contribution in [0.15, 0.2) is 0 Å². The number of hydrogen-bond acceptors (Lipinski definition) is 3. The van der Waals surface area contributed by atoms with Crippen molar-refractivity contribution in [3.05, 3.63) is 0 Å². The summed E-state index contributed by atoms with van der Waals surface area (Å²) in [6.07, 6.45) is 0.992. The molecule has 0 bridgehead atoms. The Bertz CT molecular complexity index is 145. The Kier molecular flexibility index (Phi) is 7.14. The number of rotatable bonds is 7. The molecule has 0 amide bonds. The maximum atomic E-state index is 9.86. The second-order valence-electron chi connectivity index (χ2n) is 4.80. The molecule has 1 unspecified atom stereocenters. The first kappa shape index (κ1) is 14.9. The zero-order valence-corrected chi connectivity index (χ0v) is 10.7. The zero-order chi connectivity index (χ0) is 11.9. The predicted octanol–water partition coefficient (Wildman–Crippen LogP) is 2.57. The molecule has 15 heavy (non-hydrogen) atoms. The van der Waals surface area contributed by atoms with Gasteiger partial charge in [-0.15, -0.1) is 0 Å². The van der Waals surface area contributed by atoms with Crippen LogP contribution in [0.3, 0.4) is 0 Å². The second-order valence-corrected chi connectivity index (χ2v) is 4.80. The molecule has 0 aliphatic rings. The molecule has 1 atom stereocenters. The first-order chi connectivity index (χ1) is 6.91. The van der Waals surface area contributed by atoms with Crippen molar-refractivity contribution < 1.29 is 14.6 Å². The predicted molar refractivity (Wildman–Crippen MR) is 61.7 cm³/mol. The third-order valence-electron chi connectivity index (χ3n) is 2.38. The summed E-state index contributed by atoms with van der Waals surface area (Å²) in [5.74, 6) is 0. The van der Waals surface area contributed by atoms with Gasteiger partial charge in [-0.05, 0) is 25.7 Å². The minimum absolute atomic E-state index is 0.0665.